The number of aliphatic carboxylic acids is 1. The van der Waals surface area contributed by atoms with Crippen LogP contribution in [0.5, 0.6) is 0 Å². The highest BCUT2D eigenvalue weighted by atomic mass is 35.5. The van der Waals surface area contributed by atoms with Crippen LogP contribution in [-0.4, -0.2) is 34.2 Å². The van der Waals surface area contributed by atoms with E-state index in [1.165, 1.54) is 5.41 Å². The van der Waals surface area contributed by atoms with Crippen molar-refractivity contribution in [2.45, 2.75) is 11.4 Å². The van der Waals surface area contributed by atoms with Crippen molar-refractivity contribution in [3.8, 4) is 0 Å². The van der Waals surface area contributed by atoms with Crippen LogP contribution < -0.4 is 11.1 Å². The molecule has 3 unspecified atom stereocenters. The third-order valence-electron chi connectivity index (χ3n) is 1.83. The third-order valence-corrected chi connectivity index (χ3v) is 3.49. The van der Waals surface area contributed by atoms with Crippen molar-refractivity contribution in [2.75, 3.05) is 5.88 Å². The predicted octanol–water partition coefficient (Wildman–Crippen LogP) is -0.642. The van der Waals surface area contributed by atoms with Gasteiger partial charge in [0.2, 0.25) is 0 Å². The zero-order chi connectivity index (χ0) is 11.6. The molecule has 0 aromatic rings. The average molecular weight is 252 g/mol. The van der Waals surface area contributed by atoms with E-state index in [9.17, 15) is 9.59 Å². The molecule has 15 heavy (non-hydrogen) atoms. The van der Waals surface area contributed by atoms with Gasteiger partial charge in [-0.05, 0) is 10.7 Å². The molecular weight excluding hydrogens is 242 g/mol. The summed E-state index contributed by atoms with van der Waals surface area (Å²) in [5.74, 6) is -1.74. The zero-order valence-electron chi connectivity index (χ0n) is 7.57. The minimum absolute atomic E-state index is 0.198. The molecule has 0 radical (unpaired) electrons. The van der Waals surface area contributed by atoms with Crippen LogP contribution in [0.25, 0.3) is 0 Å². The second kappa shape index (κ2) is 4.73. The molecule has 1 rings (SSSR count). The van der Waals surface area contributed by atoms with E-state index in [1.807, 2.05) is 0 Å². The third kappa shape index (κ3) is 2.55. The van der Waals surface area contributed by atoms with Crippen molar-refractivity contribution in [1.29, 1.82) is 4.78 Å². The smallest absolute Gasteiger partial charge is 0.326 e. The molecule has 3 atom stereocenters. The quantitative estimate of drug-likeness (QED) is 0.496. The highest BCUT2D eigenvalue weighted by molar-refractivity contribution is 7.90. The molecule has 5 N–H and O–H groups in total. The molecule has 1 aliphatic heterocycles. The van der Waals surface area contributed by atoms with E-state index in [0.717, 1.165) is 0 Å². The summed E-state index contributed by atoms with van der Waals surface area (Å²) in [5, 5.41) is 11.8. The number of Topliss-reactive ketones (excluding diaryl/α,β-unsaturated/α-hetero) is 1. The number of halogens is 1. The van der Waals surface area contributed by atoms with Crippen molar-refractivity contribution in [3.63, 3.8) is 0 Å². The van der Waals surface area contributed by atoms with Gasteiger partial charge in [0.15, 0.2) is 5.78 Å². The molecule has 1 heterocycles. The maximum absolute atomic E-state index is 11.2. The van der Waals surface area contributed by atoms with E-state index in [2.05, 4.69) is 5.32 Å². The summed E-state index contributed by atoms with van der Waals surface area (Å²) in [6, 6.07) is -1.22. The number of carbonyl (C=O) groups is 2. The van der Waals surface area contributed by atoms with Gasteiger partial charge < -0.3 is 16.2 Å². The van der Waals surface area contributed by atoms with Crippen molar-refractivity contribution in [2.24, 2.45) is 5.73 Å². The summed E-state index contributed by atoms with van der Waals surface area (Å²) in [6.45, 7) is 0. The highest BCUT2D eigenvalue weighted by Gasteiger charge is 2.31. The van der Waals surface area contributed by atoms with Gasteiger partial charge in [0.25, 0.3) is 0 Å². The first kappa shape index (κ1) is 12.2. The number of nitrogens with two attached hydrogens (primary N) is 1. The monoisotopic (exact) mass is 251 g/mol. The van der Waals surface area contributed by atoms with Crippen LogP contribution in [0, 0.1) is 4.78 Å². The Bertz CT molecular complexity index is 357. The molecule has 0 aliphatic carbocycles. The van der Waals surface area contributed by atoms with Crippen LogP contribution in [0.4, 0.5) is 0 Å². The van der Waals surface area contributed by atoms with Gasteiger partial charge in [-0.2, -0.15) is 0 Å². The van der Waals surface area contributed by atoms with E-state index in [-0.39, 0.29) is 17.4 Å². The number of carboxylic acids is 1. The van der Waals surface area contributed by atoms with E-state index < -0.39 is 28.1 Å². The lowest BCUT2D eigenvalue weighted by molar-refractivity contribution is -0.137. The normalized spacial score (nSPS) is 26.7. The van der Waals surface area contributed by atoms with Gasteiger partial charge in [0.05, 0.1) is 5.88 Å². The maximum Gasteiger partial charge on any atom is 0.326 e. The summed E-state index contributed by atoms with van der Waals surface area (Å²) in [6.07, 6.45) is 0. The Morgan fingerprint density at radius 3 is 2.87 bits per heavy atom. The Morgan fingerprint density at radius 2 is 2.40 bits per heavy atom. The van der Waals surface area contributed by atoms with E-state index in [1.54, 1.807) is 0 Å². The SMILES string of the molecule is N=S1C=C(C(N)C(=O)O)NC1C(=O)CCl. The van der Waals surface area contributed by atoms with Crippen LogP contribution in [0.1, 0.15) is 0 Å². The van der Waals surface area contributed by atoms with Crippen LogP contribution in [0.2, 0.25) is 0 Å². The first-order valence-electron chi connectivity index (χ1n) is 3.95. The lowest BCUT2D eigenvalue weighted by atomic mass is 10.2. The fourth-order valence-corrected chi connectivity index (χ4v) is 2.54. The second-order valence-electron chi connectivity index (χ2n) is 2.89. The lowest BCUT2D eigenvalue weighted by Crippen LogP contribution is -2.42. The maximum atomic E-state index is 11.2. The Labute approximate surface area is 93.4 Å². The molecular formula is C7H10ClN3O3S. The molecule has 0 aromatic heterocycles. The van der Waals surface area contributed by atoms with E-state index >= 15 is 0 Å². The Morgan fingerprint density at radius 1 is 1.80 bits per heavy atom. The number of carboxylic acid groups (broad SMARTS) is 1. The lowest BCUT2D eigenvalue weighted by Gasteiger charge is -2.13. The molecule has 0 saturated carbocycles. The number of carbonyl (C=O) groups excluding carboxylic acids is 1. The number of rotatable bonds is 4. The zero-order valence-corrected chi connectivity index (χ0v) is 9.14. The number of nitrogens with one attached hydrogen (secondary N) is 2. The molecule has 0 bridgehead atoms. The number of hydrogen-bond donors (Lipinski definition) is 4. The Balaban J connectivity index is 2.76. The Hall–Kier alpha value is -0.920. The van der Waals surface area contributed by atoms with Gasteiger partial charge in [-0.25, -0.2) is 0 Å². The predicted molar refractivity (Wildman–Crippen MR) is 56.4 cm³/mol. The van der Waals surface area contributed by atoms with Crippen molar-refractivity contribution >= 4 is 34.0 Å². The highest BCUT2D eigenvalue weighted by Crippen LogP contribution is 2.14. The van der Waals surface area contributed by atoms with Gasteiger partial charge in [-0.3, -0.25) is 14.4 Å². The molecule has 0 spiro atoms. The van der Waals surface area contributed by atoms with Crippen LogP contribution >= 0.6 is 11.6 Å². The average Bonchev–Trinajstić information content (AvgIpc) is 2.57. The van der Waals surface area contributed by atoms with Crippen LogP contribution in [0.15, 0.2) is 11.1 Å². The molecule has 0 fully saturated rings. The van der Waals surface area contributed by atoms with Gasteiger partial charge in [0, 0.05) is 11.1 Å². The summed E-state index contributed by atoms with van der Waals surface area (Å²) >= 11 is 5.35. The molecule has 1 aliphatic rings. The fraction of sp³-hybridized carbons (Fsp3) is 0.429. The molecule has 0 saturated heterocycles. The van der Waals surface area contributed by atoms with Gasteiger partial charge in [-0.1, -0.05) is 0 Å². The molecule has 84 valence electrons. The van der Waals surface area contributed by atoms with Crippen molar-refractivity contribution in [3.05, 3.63) is 11.1 Å². The first-order valence-corrected chi connectivity index (χ1v) is 5.84. The minimum Gasteiger partial charge on any atom is -0.480 e. The van der Waals surface area contributed by atoms with Crippen LogP contribution in [0.3, 0.4) is 0 Å². The Kier molecular flexibility index (Phi) is 3.83. The summed E-state index contributed by atoms with van der Waals surface area (Å²) in [7, 11) is -1.11. The molecule has 6 nitrogen and oxygen atoms in total. The number of hydrogen-bond acceptors (Lipinski definition) is 5. The van der Waals surface area contributed by atoms with Crippen LogP contribution in [-0.2, 0) is 20.3 Å². The molecule has 0 amide bonds. The van der Waals surface area contributed by atoms with Crippen molar-refractivity contribution < 1.29 is 14.7 Å². The summed E-state index contributed by atoms with van der Waals surface area (Å²) in [4.78, 5) is 21.8. The molecule has 0 aromatic carbocycles. The van der Waals surface area contributed by atoms with E-state index in [4.69, 9.17) is 27.2 Å². The fourth-order valence-electron chi connectivity index (χ4n) is 1.04. The number of alkyl halides is 1. The first-order chi connectivity index (χ1) is 6.97. The van der Waals surface area contributed by atoms with E-state index in [0.29, 0.717) is 0 Å². The van der Waals surface area contributed by atoms with Crippen molar-refractivity contribution in [1.82, 2.24) is 5.32 Å². The molecule has 8 heteroatoms. The largest absolute Gasteiger partial charge is 0.480 e. The summed E-state index contributed by atoms with van der Waals surface area (Å²) < 4.78 is 7.55. The van der Waals surface area contributed by atoms with Gasteiger partial charge >= 0.3 is 5.97 Å². The van der Waals surface area contributed by atoms with Gasteiger partial charge in [-0.15, -0.1) is 11.6 Å². The summed E-state index contributed by atoms with van der Waals surface area (Å²) in [5.41, 5.74) is 5.53. The second-order valence-corrected chi connectivity index (χ2v) is 4.60. The standard InChI is InChI=1S/C7H10ClN3O3S/c8-1-4(12)6-11-3(2-15(6)10)5(9)7(13)14/h2,5-6,10-11H,1,9H2,(H,13,14). The topological polar surface area (TPSA) is 116 Å². The van der Waals surface area contributed by atoms with Gasteiger partial charge in [0.1, 0.15) is 11.4 Å². The minimum atomic E-state index is -1.22. The number of ketones is 1.